The van der Waals surface area contributed by atoms with E-state index in [9.17, 15) is 0 Å². The minimum absolute atomic E-state index is 0. The summed E-state index contributed by atoms with van der Waals surface area (Å²) in [6.07, 6.45) is 9.26. The SMILES string of the molecule is CCCN1CCN(c2cc(OC)c(N3CCOCC3)cc2C2CCC(CC)(CC)CC2)CC1.Cl. The molecule has 0 aromatic heterocycles. The zero-order chi connectivity index (χ0) is 23.3. The minimum Gasteiger partial charge on any atom is -0.495 e. The summed E-state index contributed by atoms with van der Waals surface area (Å²) < 4.78 is 11.6. The molecule has 1 aliphatic carbocycles. The van der Waals surface area contributed by atoms with Crippen molar-refractivity contribution in [1.29, 1.82) is 0 Å². The van der Waals surface area contributed by atoms with Crippen LogP contribution in [0.5, 0.6) is 5.75 Å². The van der Waals surface area contributed by atoms with E-state index < -0.39 is 0 Å². The lowest BCUT2D eigenvalue weighted by atomic mass is 9.66. The topological polar surface area (TPSA) is 28.2 Å². The Morgan fingerprint density at radius 2 is 1.50 bits per heavy atom. The summed E-state index contributed by atoms with van der Waals surface area (Å²) in [5.74, 6) is 1.68. The van der Waals surface area contributed by atoms with Gasteiger partial charge in [-0.3, -0.25) is 4.90 Å². The van der Waals surface area contributed by atoms with E-state index >= 15 is 0 Å². The molecule has 0 unspecified atom stereocenters. The molecule has 0 atom stereocenters. The lowest BCUT2D eigenvalue weighted by Gasteiger charge is -2.42. The van der Waals surface area contributed by atoms with Gasteiger partial charge in [0, 0.05) is 51.0 Å². The Hall–Kier alpha value is -1.17. The molecule has 0 spiro atoms. The molecule has 0 bridgehead atoms. The van der Waals surface area contributed by atoms with Crippen LogP contribution in [0.1, 0.15) is 77.2 Å². The van der Waals surface area contributed by atoms with Crippen LogP contribution < -0.4 is 14.5 Å². The van der Waals surface area contributed by atoms with Crippen molar-refractivity contribution in [2.75, 3.05) is 75.9 Å². The van der Waals surface area contributed by atoms with E-state index in [1.54, 1.807) is 5.56 Å². The Morgan fingerprint density at radius 1 is 0.882 bits per heavy atom. The third kappa shape index (κ3) is 5.96. The van der Waals surface area contributed by atoms with Gasteiger partial charge in [0.05, 0.1) is 26.0 Å². The van der Waals surface area contributed by atoms with E-state index in [0.29, 0.717) is 11.3 Å². The molecule has 0 radical (unpaired) electrons. The zero-order valence-electron chi connectivity index (χ0n) is 22.1. The van der Waals surface area contributed by atoms with E-state index in [-0.39, 0.29) is 12.4 Å². The molecule has 194 valence electrons. The number of morpholine rings is 1. The first-order valence-corrected chi connectivity index (χ1v) is 13.6. The molecule has 3 aliphatic rings. The van der Waals surface area contributed by atoms with Gasteiger partial charge in [-0.25, -0.2) is 0 Å². The van der Waals surface area contributed by atoms with Gasteiger partial charge in [0.15, 0.2) is 0 Å². The van der Waals surface area contributed by atoms with Crippen molar-refractivity contribution in [3.8, 4) is 5.75 Å². The number of methoxy groups -OCH3 is 1. The van der Waals surface area contributed by atoms with Crippen molar-refractivity contribution in [3.63, 3.8) is 0 Å². The zero-order valence-corrected chi connectivity index (χ0v) is 22.9. The van der Waals surface area contributed by atoms with Gasteiger partial charge in [0.25, 0.3) is 0 Å². The molecule has 4 rings (SSSR count). The Balaban J connectivity index is 0.00000324. The molecule has 3 fully saturated rings. The average Bonchev–Trinajstić information content (AvgIpc) is 2.89. The second kappa shape index (κ2) is 12.7. The second-order valence-corrected chi connectivity index (χ2v) is 10.5. The van der Waals surface area contributed by atoms with Crippen LogP contribution in [0.15, 0.2) is 12.1 Å². The Labute approximate surface area is 214 Å². The summed E-state index contributed by atoms with van der Waals surface area (Å²) in [7, 11) is 1.83. The molecule has 1 aromatic rings. The molecule has 1 saturated carbocycles. The summed E-state index contributed by atoms with van der Waals surface area (Å²) in [5, 5.41) is 0. The molecule has 0 N–H and O–H groups in total. The molecule has 2 heterocycles. The molecular weight excluding hydrogens is 446 g/mol. The van der Waals surface area contributed by atoms with Gasteiger partial charge < -0.3 is 19.3 Å². The fourth-order valence-corrected chi connectivity index (χ4v) is 6.42. The first kappa shape index (κ1) is 27.4. The van der Waals surface area contributed by atoms with E-state index in [0.717, 1.165) is 45.1 Å². The van der Waals surface area contributed by atoms with Gasteiger partial charge in [-0.05, 0) is 61.6 Å². The number of rotatable bonds is 8. The Kier molecular flexibility index (Phi) is 10.2. The maximum Gasteiger partial charge on any atom is 0.144 e. The van der Waals surface area contributed by atoms with Crippen molar-refractivity contribution < 1.29 is 9.47 Å². The summed E-state index contributed by atoms with van der Waals surface area (Å²) in [6.45, 7) is 16.4. The van der Waals surface area contributed by atoms with Crippen molar-refractivity contribution in [2.45, 2.75) is 71.6 Å². The van der Waals surface area contributed by atoms with Gasteiger partial charge >= 0.3 is 0 Å². The van der Waals surface area contributed by atoms with Crippen molar-refractivity contribution in [3.05, 3.63) is 17.7 Å². The summed E-state index contributed by atoms with van der Waals surface area (Å²) >= 11 is 0. The molecule has 6 heteroatoms. The summed E-state index contributed by atoms with van der Waals surface area (Å²) in [5.41, 5.74) is 4.85. The predicted octanol–water partition coefficient (Wildman–Crippen LogP) is 5.95. The van der Waals surface area contributed by atoms with Crippen LogP contribution in [0.3, 0.4) is 0 Å². The Bertz CT molecular complexity index is 746. The quantitative estimate of drug-likeness (QED) is 0.446. The third-order valence-corrected chi connectivity index (χ3v) is 8.92. The summed E-state index contributed by atoms with van der Waals surface area (Å²) in [6, 6.07) is 4.88. The Morgan fingerprint density at radius 3 is 2.06 bits per heavy atom. The largest absolute Gasteiger partial charge is 0.495 e. The van der Waals surface area contributed by atoms with Crippen LogP contribution in [0.25, 0.3) is 0 Å². The van der Waals surface area contributed by atoms with E-state index in [1.807, 2.05) is 7.11 Å². The molecule has 34 heavy (non-hydrogen) atoms. The van der Waals surface area contributed by atoms with Crippen molar-refractivity contribution in [2.24, 2.45) is 5.41 Å². The van der Waals surface area contributed by atoms with Crippen molar-refractivity contribution in [1.82, 2.24) is 4.90 Å². The fourth-order valence-electron chi connectivity index (χ4n) is 6.42. The van der Waals surface area contributed by atoms with Crippen LogP contribution in [0.2, 0.25) is 0 Å². The van der Waals surface area contributed by atoms with E-state index in [2.05, 4.69) is 47.6 Å². The normalized spacial score (nSPS) is 21.9. The highest BCUT2D eigenvalue weighted by Crippen LogP contribution is 2.50. The monoisotopic (exact) mass is 493 g/mol. The average molecular weight is 494 g/mol. The maximum absolute atomic E-state index is 5.98. The van der Waals surface area contributed by atoms with Gasteiger partial charge in [-0.15, -0.1) is 12.4 Å². The van der Waals surface area contributed by atoms with Crippen LogP contribution in [-0.4, -0.2) is 71.0 Å². The smallest absolute Gasteiger partial charge is 0.144 e. The van der Waals surface area contributed by atoms with Gasteiger partial charge in [0.1, 0.15) is 5.75 Å². The molecule has 0 amide bonds. The first-order valence-electron chi connectivity index (χ1n) is 13.6. The molecule has 2 saturated heterocycles. The number of piperazine rings is 1. The van der Waals surface area contributed by atoms with E-state index in [1.165, 1.54) is 76.0 Å². The fraction of sp³-hybridized carbons (Fsp3) is 0.786. The van der Waals surface area contributed by atoms with Crippen molar-refractivity contribution >= 4 is 23.8 Å². The predicted molar refractivity (Wildman–Crippen MR) is 146 cm³/mol. The molecule has 1 aromatic carbocycles. The van der Waals surface area contributed by atoms with E-state index in [4.69, 9.17) is 9.47 Å². The van der Waals surface area contributed by atoms with Gasteiger partial charge in [-0.2, -0.15) is 0 Å². The summed E-state index contributed by atoms with van der Waals surface area (Å²) in [4.78, 5) is 7.74. The number of hydrogen-bond donors (Lipinski definition) is 0. The second-order valence-electron chi connectivity index (χ2n) is 10.5. The first-order chi connectivity index (χ1) is 16.1. The number of nitrogens with zero attached hydrogens (tertiary/aromatic N) is 3. The minimum atomic E-state index is 0. The molecular formula is C28H48ClN3O2. The number of ether oxygens (including phenoxy) is 2. The van der Waals surface area contributed by atoms with Crippen LogP contribution >= 0.6 is 12.4 Å². The lowest BCUT2D eigenvalue weighted by molar-refractivity contribution is 0.122. The third-order valence-electron chi connectivity index (χ3n) is 8.92. The lowest BCUT2D eigenvalue weighted by Crippen LogP contribution is -2.47. The number of anilines is 2. The number of halogens is 1. The maximum atomic E-state index is 5.98. The number of hydrogen-bond acceptors (Lipinski definition) is 5. The standard InChI is InChI=1S/C28H47N3O2.ClH/c1-5-12-29-13-15-30(16-14-29)25-22-27(32-4)26(31-17-19-33-20-18-31)21-24(25)23-8-10-28(6-2,7-3)11-9-23;/h21-23H,5-20H2,1-4H3;1H. The van der Waals surface area contributed by atoms with Gasteiger partial charge in [0.2, 0.25) is 0 Å². The van der Waals surface area contributed by atoms with Gasteiger partial charge in [-0.1, -0.05) is 33.6 Å². The molecule has 5 nitrogen and oxygen atoms in total. The highest BCUT2D eigenvalue weighted by Gasteiger charge is 2.35. The highest BCUT2D eigenvalue weighted by molar-refractivity contribution is 5.85. The van der Waals surface area contributed by atoms with Crippen LogP contribution in [-0.2, 0) is 4.74 Å². The molecule has 2 aliphatic heterocycles. The number of benzene rings is 1. The highest BCUT2D eigenvalue weighted by atomic mass is 35.5. The van der Waals surface area contributed by atoms with Crippen LogP contribution in [0, 0.1) is 5.41 Å². The van der Waals surface area contributed by atoms with Crippen LogP contribution in [0.4, 0.5) is 11.4 Å².